The second kappa shape index (κ2) is 9.44. The van der Waals surface area contributed by atoms with Gasteiger partial charge in [-0.05, 0) is 55.7 Å². The number of carbonyl (C=O) groups excluding carboxylic acids is 2. The zero-order valence-corrected chi connectivity index (χ0v) is 18.7. The number of hydrogen-bond donors (Lipinski definition) is 0. The van der Waals surface area contributed by atoms with Gasteiger partial charge in [0.25, 0.3) is 5.91 Å². The van der Waals surface area contributed by atoms with E-state index in [0.717, 1.165) is 29.8 Å². The Labute approximate surface area is 191 Å². The van der Waals surface area contributed by atoms with Crippen molar-refractivity contribution in [2.45, 2.75) is 32.4 Å². The molecule has 0 unspecified atom stereocenters. The highest BCUT2D eigenvalue weighted by Crippen LogP contribution is 2.29. The molecule has 3 aromatic rings. The molecule has 32 heavy (non-hydrogen) atoms. The lowest BCUT2D eigenvalue weighted by molar-refractivity contribution is -0.135. The predicted octanol–water partition coefficient (Wildman–Crippen LogP) is 4.19. The second-order valence-corrected chi connectivity index (χ2v) is 8.15. The molecule has 0 radical (unpaired) electrons. The Morgan fingerprint density at radius 3 is 2.59 bits per heavy atom. The summed E-state index contributed by atoms with van der Waals surface area (Å²) in [7, 11) is 1.61. The first-order valence-corrected chi connectivity index (χ1v) is 10.7. The first-order valence-electron chi connectivity index (χ1n) is 10.4. The molecule has 1 amide bonds. The van der Waals surface area contributed by atoms with Crippen molar-refractivity contribution in [1.29, 1.82) is 0 Å². The Balaban J connectivity index is 1.40. The van der Waals surface area contributed by atoms with Crippen molar-refractivity contribution in [2.24, 2.45) is 0 Å². The molecule has 1 aliphatic carbocycles. The summed E-state index contributed by atoms with van der Waals surface area (Å²) in [6.07, 6.45) is 3.36. The van der Waals surface area contributed by atoms with Crippen LogP contribution in [0.1, 0.15) is 34.5 Å². The summed E-state index contributed by atoms with van der Waals surface area (Å²) in [5.74, 6) is -0.0263. The van der Waals surface area contributed by atoms with Crippen molar-refractivity contribution in [3.05, 3.63) is 76.6 Å². The minimum absolute atomic E-state index is 0.190. The van der Waals surface area contributed by atoms with Crippen LogP contribution < -0.4 is 4.74 Å². The van der Waals surface area contributed by atoms with Crippen LogP contribution in [0, 0.1) is 6.92 Å². The van der Waals surface area contributed by atoms with Crippen molar-refractivity contribution >= 4 is 23.5 Å². The highest BCUT2D eigenvalue weighted by molar-refractivity contribution is 6.30. The van der Waals surface area contributed by atoms with Gasteiger partial charge in [0.15, 0.2) is 6.61 Å². The number of aromatic nitrogens is 2. The largest absolute Gasteiger partial charge is 0.497 e. The SMILES string of the molecule is COc1ccc(CN(C(=O)COC(=O)c2cnn(-c3cccc(Cl)c3)c2C)C2CC2)cc1. The molecule has 2 aromatic carbocycles. The van der Waals surface area contributed by atoms with E-state index in [2.05, 4.69) is 5.10 Å². The molecule has 1 aromatic heterocycles. The van der Waals surface area contributed by atoms with E-state index < -0.39 is 5.97 Å². The number of nitrogens with zero attached hydrogens (tertiary/aromatic N) is 3. The summed E-state index contributed by atoms with van der Waals surface area (Å²) in [5, 5.41) is 4.84. The lowest BCUT2D eigenvalue weighted by atomic mass is 10.2. The fourth-order valence-corrected chi connectivity index (χ4v) is 3.69. The number of esters is 1. The van der Waals surface area contributed by atoms with E-state index in [1.807, 2.05) is 36.4 Å². The molecule has 4 rings (SSSR count). The Hall–Kier alpha value is -3.32. The number of hydrogen-bond acceptors (Lipinski definition) is 5. The number of amides is 1. The van der Waals surface area contributed by atoms with Gasteiger partial charge in [0, 0.05) is 17.6 Å². The van der Waals surface area contributed by atoms with E-state index in [4.69, 9.17) is 21.1 Å². The third-order valence-corrected chi connectivity index (χ3v) is 5.66. The van der Waals surface area contributed by atoms with Gasteiger partial charge in [-0.2, -0.15) is 5.10 Å². The zero-order chi connectivity index (χ0) is 22.7. The first-order chi connectivity index (χ1) is 15.5. The highest BCUT2D eigenvalue weighted by atomic mass is 35.5. The number of carbonyl (C=O) groups is 2. The summed E-state index contributed by atoms with van der Waals surface area (Å²) in [5.41, 5.74) is 2.66. The van der Waals surface area contributed by atoms with Crippen LogP contribution in [-0.4, -0.2) is 46.3 Å². The summed E-state index contributed by atoms with van der Waals surface area (Å²) in [6.45, 7) is 1.93. The van der Waals surface area contributed by atoms with Crippen LogP contribution in [0.2, 0.25) is 5.02 Å². The summed E-state index contributed by atoms with van der Waals surface area (Å²) < 4.78 is 12.1. The summed E-state index contributed by atoms with van der Waals surface area (Å²) in [4.78, 5) is 27.2. The van der Waals surface area contributed by atoms with Gasteiger partial charge >= 0.3 is 5.97 Å². The minimum Gasteiger partial charge on any atom is -0.497 e. The number of halogens is 1. The summed E-state index contributed by atoms with van der Waals surface area (Å²) in [6, 6.07) is 15.0. The highest BCUT2D eigenvalue weighted by Gasteiger charge is 2.33. The van der Waals surface area contributed by atoms with Gasteiger partial charge in [-0.3, -0.25) is 4.79 Å². The van der Waals surface area contributed by atoms with Gasteiger partial charge < -0.3 is 14.4 Å². The standard InChI is InChI=1S/C24H24ClN3O4/c1-16-22(13-26-28(16)20-5-3-4-18(25)12-20)24(30)32-15-23(29)27(19-8-9-19)14-17-6-10-21(31-2)11-7-17/h3-7,10-13,19H,8-9,14-15H2,1-2H3. The molecule has 0 bridgehead atoms. The van der Waals surface area contributed by atoms with Crippen LogP contribution in [0.15, 0.2) is 54.7 Å². The average molecular weight is 454 g/mol. The number of benzene rings is 2. The topological polar surface area (TPSA) is 73.7 Å². The number of rotatable bonds is 8. The molecule has 0 aliphatic heterocycles. The zero-order valence-electron chi connectivity index (χ0n) is 18.0. The number of methoxy groups -OCH3 is 1. The summed E-state index contributed by atoms with van der Waals surface area (Å²) >= 11 is 6.05. The van der Waals surface area contributed by atoms with Crippen LogP contribution in [0.25, 0.3) is 5.69 Å². The lowest BCUT2D eigenvalue weighted by Crippen LogP contribution is -2.36. The average Bonchev–Trinajstić information content (AvgIpc) is 3.57. The molecular weight excluding hydrogens is 430 g/mol. The van der Waals surface area contributed by atoms with Crippen LogP contribution in [0.3, 0.4) is 0 Å². The maximum absolute atomic E-state index is 12.8. The van der Waals surface area contributed by atoms with Crippen molar-refractivity contribution in [3.63, 3.8) is 0 Å². The first kappa shape index (κ1) is 21.9. The monoisotopic (exact) mass is 453 g/mol. The fraction of sp³-hybridized carbons (Fsp3) is 0.292. The molecule has 8 heteroatoms. The van der Waals surface area contributed by atoms with Crippen LogP contribution in [-0.2, 0) is 16.1 Å². The number of ether oxygens (including phenoxy) is 2. The van der Waals surface area contributed by atoms with Crippen LogP contribution in [0.4, 0.5) is 0 Å². The molecule has 0 N–H and O–H groups in total. The van der Waals surface area contributed by atoms with Crippen LogP contribution in [0.5, 0.6) is 5.75 Å². The van der Waals surface area contributed by atoms with Gasteiger partial charge in [-0.1, -0.05) is 29.8 Å². The van der Waals surface area contributed by atoms with Crippen molar-refractivity contribution in [2.75, 3.05) is 13.7 Å². The van der Waals surface area contributed by atoms with Crippen molar-refractivity contribution in [1.82, 2.24) is 14.7 Å². The Kier molecular flexibility index (Phi) is 6.46. The maximum Gasteiger partial charge on any atom is 0.342 e. The van der Waals surface area contributed by atoms with Gasteiger partial charge in [0.1, 0.15) is 11.3 Å². The molecule has 0 saturated heterocycles. The Bertz CT molecular complexity index is 1120. The lowest BCUT2D eigenvalue weighted by Gasteiger charge is -2.22. The fourth-order valence-electron chi connectivity index (χ4n) is 3.50. The maximum atomic E-state index is 12.8. The van der Waals surface area contributed by atoms with E-state index in [1.165, 1.54) is 6.20 Å². The second-order valence-electron chi connectivity index (χ2n) is 7.71. The van der Waals surface area contributed by atoms with E-state index in [9.17, 15) is 9.59 Å². The molecule has 1 aliphatic rings. The quantitative estimate of drug-likeness (QED) is 0.478. The van der Waals surface area contributed by atoms with Gasteiger partial charge in [0.05, 0.1) is 24.7 Å². The normalized spacial score (nSPS) is 13.0. The van der Waals surface area contributed by atoms with E-state index in [0.29, 0.717) is 22.8 Å². The Morgan fingerprint density at radius 1 is 1.19 bits per heavy atom. The molecular formula is C24H24ClN3O4. The van der Waals surface area contributed by atoms with E-state index in [-0.39, 0.29) is 18.6 Å². The van der Waals surface area contributed by atoms with E-state index >= 15 is 0 Å². The third kappa shape index (κ3) is 4.94. The molecule has 1 fully saturated rings. The van der Waals surface area contributed by atoms with Crippen molar-refractivity contribution < 1.29 is 19.1 Å². The predicted molar refractivity (Wildman–Crippen MR) is 120 cm³/mol. The molecule has 0 spiro atoms. The molecule has 7 nitrogen and oxygen atoms in total. The molecule has 1 heterocycles. The Morgan fingerprint density at radius 2 is 1.94 bits per heavy atom. The van der Waals surface area contributed by atoms with Gasteiger partial charge in [-0.15, -0.1) is 0 Å². The molecule has 166 valence electrons. The smallest absolute Gasteiger partial charge is 0.342 e. The molecule has 1 saturated carbocycles. The third-order valence-electron chi connectivity index (χ3n) is 5.43. The van der Waals surface area contributed by atoms with Gasteiger partial charge in [0.2, 0.25) is 0 Å². The van der Waals surface area contributed by atoms with E-state index in [1.54, 1.807) is 35.7 Å². The van der Waals surface area contributed by atoms with Crippen molar-refractivity contribution in [3.8, 4) is 11.4 Å². The van der Waals surface area contributed by atoms with Gasteiger partial charge in [-0.25, -0.2) is 9.48 Å². The minimum atomic E-state index is -0.579. The van der Waals surface area contributed by atoms with Crippen LogP contribution >= 0.6 is 11.6 Å². The molecule has 0 atom stereocenters.